The normalized spacial score (nSPS) is 48.8. The van der Waals surface area contributed by atoms with E-state index < -0.39 is 0 Å². The Balaban J connectivity index is 1.58. The average molecular weight is 402 g/mol. The Bertz CT molecular complexity index is 699. The van der Waals surface area contributed by atoms with Crippen LogP contribution in [0.25, 0.3) is 0 Å². The van der Waals surface area contributed by atoms with Gasteiger partial charge in [0.25, 0.3) is 0 Å². The second kappa shape index (κ2) is 7.39. The number of primary amides is 1. The Hall–Kier alpha value is -0.830. The lowest BCUT2D eigenvalue weighted by molar-refractivity contribution is -0.128. The van der Waals surface area contributed by atoms with Crippen LogP contribution in [0.3, 0.4) is 0 Å². The summed E-state index contributed by atoms with van der Waals surface area (Å²) in [4.78, 5) is 11.7. The topological polar surface area (TPSA) is 63.3 Å². The van der Waals surface area contributed by atoms with E-state index in [1.165, 1.54) is 50.5 Å². The molecule has 1 amide bonds. The van der Waals surface area contributed by atoms with Gasteiger partial charge in [0.2, 0.25) is 5.91 Å². The summed E-state index contributed by atoms with van der Waals surface area (Å²) >= 11 is 0. The Labute approximate surface area is 177 Å². The molecule has 3 heteroatoms. The maximum Gasteiger partial charge on any atom is 0.244 e. The Kier molecular flexibility index (Phi) is 5.46. The van der Waals surface area contributed by atoms with Crippen LogP contribution < -0.4 is 5.73 Å². The number of amides is 1. The first-order valence-corrected chi connectivity index (χ1v) is 12.2. The van der Waals surface area contributed by atoms with Crippen LogP contribution in [0, 0.1) is 46.3 Å². The van der Waals surface area contributed by atoms with Gasteiger partial charge in [-0.3, -0.25) is 4.79 Å². The molecular weight excluding hydrogens is 358 g/mol. The molecule has 0 aromatic heterocycles. The number of carbonyl (C=O) groups excluding carboxylic acids is 1. The van der Waals surface area contributed by atoms with Crippen LogP contribution >= 0.6 is 0 Å². The highest BCUT2D eigenvalue weighted by Crippen LogP contribution is 2.68. The standard InChI is InChI=1S/C26H43NO2/c1-15(17(3)24(27)29)16(2)21-8-9-22-20-7-6-18-14-19(28)10-12-25(18,4)23(20)11-13-26(21,22)5/h16,18-23,28H,6-14H2,1-5H3,(H2,27,29)/t16-,18?,19+,20+,21-,22+,23+,25+,26-/m1/s1. The van der Waals surface area contributed by atoms with Crippen LogP contribution in [-0.2, 0) is 4.79 Å². The third-order valence-electron chi connectivity index (χ3n) is 11.0. The van der Waals surface area contributed by atoms with E-state index in [4.69, 9.17) is 5.73 Å². The van der Waals surface area contributed by atoms with Gasteiger partial charge in [0, 0.05) is 5.57 Å². The van der Waals surface area contributed by atoms with Crippen molar-refractivity contribution in [3.63, 3.8) is 0 Å². The second-order valence-electron chi connectivity index (χ2n) is 11.8. The molecule has 0 saturated heterocycles. The van der Waals surface area contributed by atoms with Crippen LogP contribution in [0.5, 0.6) is 0 Å². The lowest BCUT2D eigenvalue weighted by Gasteiger charge is -2.61. The van der Waals surface area contributed by atoms with Gasteiger partial charge in [-0.15, -0.1) is 0 Å². The molecule has 0 aliphatic heterocycles. The van der Waals surface area contributed by atoms with Crippen LogP contribution in [-0.4, -0.2) is 17.1 Å². The van der Waals surface area contributed by atoms with Crippen molar-refractivity contribution in [1.29, 1.82) is 0 Å². The molecule has 0 aromatic rings. The first kappa shape index (κ1) is 21.4. The molecule has 164 valence electrons. The van der Waals surface area contributed by atoms with Gasteiger partial charge in [-0.05, 0) is 118 Å². The summed E-state index contributed by atoms with van der Waals surface area (Å²) in [5.74, 6) is 4.13. The van der Waals surface area contributed by atoms with Crippen LogP contribution in [0.1, 0.15) is 92.4 Å². The molecule has 29 heavy (non-hydrogen) atoms. The van der Waals surface area contributed by atoms with Crippen molar-refractivity contribution in [2.45, 2.75) is 98.5 Å². The van der Waals surface area contributed by atoms with Gasteiger partial charge in [-0.25, -0.2) is 0 Å². The van der Waals surface area contributed by atoms with Crippen LogP contribution in [0.15, 0.2) is 11.1 Å². The summed E-state index contributed by atoms with van der Waals surface area (Å²) in [6, 6.07) is 0. The zero-order valence-corrected chi connectivity index (χ0v) is 19.3. The van der Waals surface area contributed by atoms with Gasteiger partial charge in [0.1, 0.15) is 0 Å². The van der Waals surface area contributed by atoms with Crippen molar-refractivity contribution < 1.29 is 9.90 Å². The van der Waals surface area contributed by atoms with Crippen LogP contribution in [0.4, 0.5) is 0 Å². The fraction of sp³-hybridized carbons (Fsp3) is 0.885. The largest absolute Gasteiger partial charge is 0.393 e. The molecule has 0 bridgehead atoms. The molecule has 1 unspecified atom stereocenters. The summed E-state index contributed by atoms with van der Waals surface area (Å²) < 4.78 is 0. The highest BCUT2D eigenvalue weighted by Gasteiger charge is 2.60. The van der Waals surface area contributed by atoms with Crippen molar-refractivity contribution in [2.75, 3.05) is 0 Å². The Morgan fingerprint density at radius 1 is 0.966 bits per heavy atom. The van der Waals surface area contributed by atoms with Gasteiger partial charge in [-0.1, -0.05) is 26.3 Å². The molecule has 0 aromatic carbocycles. The molecular formula is C26H43NO2. The number of carbonyl (C=O) groups is 1. The van der Waals surface area contributed by atoms with Gasteiger partial charge in [-0.2, -0.15) is 0 Å². The maximum absolute atomic E-state index is 11.7. The van der Waals surface area contributed by atoms with Gasteiger partial charge >= 0.3 is 0 Å². The monoisotopic (exact) mass is 401 g/mol. The van der Waals surface area contributed by atoms with E-state index in [9.17, 15) is 9.90 Å². The Morgan fingerprint density at radius 3 is 2.31 bits per heavy atom. The number of fused-ring (bicyclic) bond motifs is 5. The van der Waals surface area contributed by atoms with Crippen LogP contribution in [0.2, 0.25) is 0 Å². The molecule has 3 N–H and O–H groups in total. The number of aliphatic hydroxyl groups excluding tert-OH is 1. The highest BCUT2D eigenvalue weighted by molar-refractivity contribution is 5.92. The van der Waals surface area contributed by atoms with Gasteiger partial charge in [0.15, 0.2) is 0 Å². The number of aliphatic hydroxyl groups is 1. The number of rotatable bonds is 3. The van der Waals surface area contributed by atoms with Crippen molar-refractivity contribution in [3.05, 3.63) is 11.1 Å². The first-order chi connectivity index (χ1) is 13.6. The fourth-order valence-electron chi connectivity index (χ4n) is 8.93. The molecule has 4 rings (SSSR count). The summed E-state index contributed by atoms with van der Waals surface area (Å²) in [6.45, 7) is 11.5. The van der Waals surface area contributed by atoms with Crippen molar-refractivity contribution in [1.82, 2.24) is 0 Å². The molecule has 0 spiro atoms. The first-order valence-electron chi connectivity index (χ1n) is 12.2. The van der Waals surface area contributed by atoms with E-state index in [1.807, 2.05) is 6.92 Å². The molecule has 4 aliphatic carbocycles. The number of nitrogens with two attached hydrogens (primary N) is 1. The third-order valence-corrected chi connectivity index (χ3v) is 11.0. The molecule has 0 heterocycles. The number of allylic oxidation sites excluding steroid dienone is 1. The van der Waals surface area contributed by atoms with E-state index in [0.29, 0.717) is 22.7 Å². The lowest BCUT2D eigenvalue weighted by Crippen LogP contribution is -2.54. The maximum atomic E-state index is 11.7. The zero-order valence-electron chi connectivity index (χ0n) is 19.3. The SMILES string of the molecule is CC(C(N)=O)=C(C)[C@@H](C)[C@H]1CC[C@H]2[C@@H]3CCC4C[C@@H](O)CC[C@]4(C)[C@H]3CC[C@]12C. The fourth-order valence-corrected chi connectivity index (χ4v) is 8.93. The quantitative estimate of drug-likeness (QED) is 0.616. The molecule has 4 fully saturated rings. The third kappa shape index (κ3) is 3.22. The minimum Gasteiger partial charge on any atom is -0.393 e. The minimum atomic E-state index is -0.261. The average Bonchev–Trinajstić information content (AvgIpc) is 3.03. The predicted molar refractivity (Wildman–Crippen MR) is 118 cm³/mol. The zero-order chi connectivity index (χ0) is 21.1. The minimum absolute atomic E-state index is 0.0570. The number of hydrogen-bond donors (Lipinski definition) is 2. The van der Waals surface area contributed by atoms with E-state index in [0.717, 1.165) is 42.1 Å². The van der Waals surface area contributed by atoms with Crippen molar-refractivity contribution in [3.8, 4) is 0 Å². The van der Waals surface area contributed by atoms with E-state index in [1.54, 1.807) is 0 Å². The number of hydrogen-bond acceptors (Lipinski definition) is 2. The second-order valence-corrected chi connectivity index (χ2v) is 11.8. The Morgan fingerprint density at radius 2 is 1.62 bits per heavy atom. The smallest absolute Gasteiger partial charge is 0.244 e. The van der Waals surface area contributed by atoms with Crippen molar-refractivity contribution in [2.24, 2.45) is 52.1 Å². The van der Waals surface area contributed by atoms with E-state index in [-0.39, 0.29) is 12.0 Å². The molecule has 4 aliphatic rings. The predicted octanol–water partition coefficient (Wildman–Crippen LogP) is 5.46. The molecule has 4 saturated carbocycles. The van der Waals surface area contributed by atoms with E-state index in [2.05, 4.69) is 27.7 Å². The van der Waals surface area contributed by atoms with Crippen molar-refractivity contribution >= 4 is 5.91 Å². The van der Waals surface area contributed by atoms with E-state index >= 15 is 0 Å². The summed E-state index contributed by atoms with van der Waals surface area (Å²) in [5.41, 5.74) is 8.43. The summed E-state index contributed by atoms with van der Waals surface area (Å²) in [7, 11) is 0. The lowest BCUT2D eigenvalue weighted by atomic mass is 9.44. The summed E-state index contributed by atoms with van der Waals surface area (Å²) in [6.07, 6.45) is 11.3. The molecule has 3 nitrogen and oxygen atoms in total. The highest BCUT2D eigenvalue weighted by atomic mass is 16.3. The van der Waals surface area contributed by atoms with Gasteiger partial charge in [0.05, 0.1) is 6.10 Å². The summed E-state index contributed by atoms with van der Waals surface area (Å²) in [5, 5.41) is 10.2. The molecule has 9 atom stereocenters. The molecule has 0 radical (unpaired) electrons. The van der Waals surface area contributed by atoms with Gasteiger partial charge < -0.3 is 10.8 Å².